The molecule has 0 aliphatic heterocycles. The van der Waals surface area contributed by atoms with Crippen molar-refractivity contribution < 1.29 is 54.4 Å². The molecule has 0 fully saturated rings. The van der Waals surface area contributed by atoms with E-state index in [1.807, 2.05) is 0 Å². The maximum Gasteiger partial charge on any atom is 0.333 e. The highest BCUT2D eigenvalue weighted by Gasteiger charge is 2.16. The van der Waals surface area contributed by atoms with Gasteiger partial charge >= 0.3 is 11.9 Å². The number of carboxylic acids is 2. The minimum absolute atomic E-state index is 0.250. The molecule has 0 saturated heterocycles. The summed E-state index contributed by atoms with van der Waals surface area (Å²) in [4.78, 5) is 19.4. The number of aliphatic hydroxyl groups is 4. The molecule has 206 valence electrons. The molecule has 11 heteroatoms. The van der Waals surface area contributed by atoms with Gasteiger partial charge in [-0.05, 0) is 57.8 Å². The minimum Gasteiger partial charge on any atom is -0.481 e. The van der Waals surface area contributed by atoms with E-state index in [9.17, 15) is 9.59 Å². The van der Waals surface area contributed by atoms with Crippen LogP contribution < -0.4 is 0 Å². The van der Waals surface area contributed by atoms with E-state index < -0.39 is 24.5 Å². The first-order chi connectivity index (χ1) is 16.4. The second-order valence-corrected chi connectivity index (χ2v) is 7.29. The molecule has 0 aromatic heterocycles. The topological polar surface area (TPSA) is 183 Å². The lowest BCUT2D eigenvalue weighted by atomic mass is 10.3. The molecule has 0 saturated carbocycles. The van der Waals surface area contributed by atoms with Crippen LogP contribution in [0.4, 0.5) is 0 Å². The SMILES string of the molecule is CCCOCCCCOCCCCO.O=C(O)CC(O)C(=O)O.OCCCCOCCCCO. The van der Waals surface area contributed by atoms with Crippen molar-refractivity contribution in [1.82, 2.24) is 0 Å². The highest BCUT2D eigenvalue weighted by molar-refractivity contribution is 5.79. The lowest BCUT2D eigenvalue weighted by Crippen LogP contribution is -2.22. The molecule has 0 heterocycles. The third-order valence-electron chi connectivity index (χ3n) is 3.92. The fraction of sp³-hybridized carbons (Fsp3) is 0.913. The van der Waals surface area contributed by atoms with Crippen LogP contribution >= 0.6 is 0 Å². The van der Waals surface area contributed by atoms with Crippen molar-refractivity contribution in [3.05, 3.63) is 0 Å². The number of carbonyl (C=O) groups is 2. The van der Waals surface area contributed by atoms with Crippen molar-refractivity contribution in [1.29, 1.82) is 0 Å². The van der Waals surface area contributed by atoms with E-state index in [-0.39, 0.29) is 19.8 Å². The summed E-state index contributed by atoms with van der Waals surface area (Å²) in [7, 11) is 0. The Balaban J connectivity index is -0.000000435. The van der Waals surface area contributed by atoms with Crippen LogP contribution in [0.25, 0.3) is 0 Å². The fourth-order valence-electron chi connectivity index (χ4n) is 2.06. The smallest absolute Gasteiger partial charge is 0.333 e. The summed E-state index contributed by atoms with van der Waals surface area (Å²) in [5, 5.41) is 49.5. The molecule has 6 N–H and O–H groups in total. The maximum absolute atomic E-state index is 9.72. The molecule has 1 atom stereocenters. The van der Waals surface area contributed by atoms with Crippen molar-refractivity contribution in [2.24, 2.45) is 0 Å². The van der Waals surface area contributed by atoms with Crippen LogP contribution in [-0.4, -0.2) is 108 Å². The molecule has 0 aliphatic carbocycles. The van der Waals surface area contributed by atoms with E-state index in [4.69, 9.17) is 44.8 Å². The molecule has 0 spiro atoms. The minimum atomic E-state index is -1.79. The van der Waals surface area contributed by atoms with Gasteiger partial charge in [0.2, 0.25) is 0 Å². The van der Waals surface area contributed by atoms with Gasteiger partial charge in [-0.15, -0.1) is 0 Å². The molecule has 0 aromatic rings. The summed E-state index contributed by atoms with van der Waals surface area (Å²) in [6.45, 7) is 7.67. The van der Waals surface area contributed by atoms with Crippen molar-refractivity contribution in [2.75, 3.05) is 59.5 Å². The Hall–Kier alpha value is -1.34. The van der Waals surface area contributed by atoms with Crippen LogP contribution in [0, 0.1) is 0 Å². The lowest BCUT2D eigenvalue weighted by Gasteiger charge is -2.04. The highest BCUT2D eigenvalue weighted by atomic mass is 16.5. The van der Waals surface area contributed by atoms with E-state index in [0.717, 1.165) is 97.4 Å². The number of hydrogen-bond donors (Lipinski definition) is 6. The van der Waals surface area contributed by atoms with Crippen LogP contribution in [0.5, 0.6) is 0 Å². The van der Waals surface area contributed by atoms with Gasteiger partial charge in [0.25, 0.3) is 0 Å². The molecule has 0 bridgehead atoms. The molecule has 0 aliphatic rings. The number of rotatable bonds is 22. The Kier molecular flexibility index (Phi) is 37.0. The quantitative estimate of drug-likeness (QED) is 0.118. The van der Waals surface area contributed by atoms with Gasteiger partial charge in [-0.3, -0.25) is 4.79 Å². The van der Waals surface area contributed by atoms with Gasteiger partial charge in [0.05, 0.1) is 6.42 Å². The Morgan fingerprint density at radius 3 is 1.18 bits per heavy atom. The zero-order valence-corrected chi connectivity index (χ0v) is 20.7. The highest BCUT2D eigenvalue weighted by Crippen LogP contribution is 1.95. The van der Waals surface area contributed by atoms with Crippen molar-refractivity contribution >= 4 is 11.9 Å². The van der Waals surface area contributed by atoms with Crippen molar-refractivity contribution in [2.45, 2.75) is 77.2 Å². The second kappa shape index (κ2) is 33.8. The van der Waals surface area contributed by atoms with Gasteiger partial charge < -0.3 is 44.8 Å². The van der Waals surface area contributed by atoms with Gasteiger partial charge in [0, 0.05) is 59.5 Å². The Morgan fingerprint density at radius 2 is 0.941 bits per heavy atom. The zero-order chi connectivity index (χ0) is 26.3. The van der Waals surface area contributed by atoms with Gasteiger partial charge in [0.15, 0.2) is 6.10 Å². The Labute approximate surface area is 203 Å². The molecule has 0 amide bonds. The van der Waals surface area contributed by atoms with Gasteiger partial charge in [-0.25, -0.2) is 4.79 Å². The van der Waals surface area contributed by atoms with Crippen molar-refractivity contribution in [3.63, 3.8) is 0 Å². The van der Waals surface area contributed by atoms with Crippen LogP contribution in [-0.2, 0) is 23.8 Å². The third kappa shape index (κ3) is 41.0. The van der Waals surface area contributed by atoms with Crippen LogP contribution in [0.1, 0.15) is 71.1 Å². The number of carboxylic acid groups (broad SMARTS) is 2. The monoisotopic (exact) mass is 500 g/mol. The normalized spacial score (nSPS) is 11.1. The van der Waals surface area contributed by atoms with E-state index in [1.54, 1.807) is 0 Å². The third-order valence-corrected chi connectivity index (χ3v) is 3.92. The number of aliphatic hydroxyl groups excluding tert-OH is 4. The largest absolute Gasteiger partial charge is 0.481 e. The molecule has 0 rings (SSSR count). The summed E-state index contributed by atoms with van der Waals surface area (Å²) >= 11 is 0. The first-order valence-electron chi connectivity index (χ1n) is 12.1. The average molecular weight is 501 g/mol. The fourth-order valence-corrected chi connectivity index (χ4v) is 2.06. The number of ether oxygens (including phenoxy) is 3. The van der Waals surface area contributed by atoms with Crippen LogP contribution in [0.3, 0.4) is 0 Å². The van der Waals surface area contributed by atoms with Crippen LogP contribution in [0.2, 0.25) is 0 Å². The van der Waals surface area contributed by atoms with E-state index in [1.165, 1.54) is 0 Å². The lowest BCUT2D eigenvalue weighted by molar-refractivity contribution is -0.152. The summed E-state index contributed by atoms with van der Waals surface area (Å²) in [5.41, 5.74) is 0. The second-order valence-electron chi connectivity index (χ2n) is 7.29. The van der Waals surface area contributed by atoms with Gasteiger partial charge in [0.1, 0.15) is 0 Å². The summed E-state index contributed by atoms with van der Waals surface area (Å²) in [6, 6.07) is 0. The Bertz CT molecular complexity index is 388. The Morgan fingerprint density at radius 1 is 0.618 bits per heavy atom. The van der Waals surface area contributed by atoms with Crippen molar-refractivity contribution in [3.8, 4) is 0 Å². The molecular formula is C23H48O11. The number of hydrogen-bond acceptors (Lipinski definition) is 9. The molecular weight excluding hydrogens is 452 g/mol. The predicted octanol–water partition coefficient (Wildman–Crippen LogP) is 1.44. The van der Waals surface area contributed by atoms with E-state index in [0.29, 0.717) is 0 Å². The molecule has 11 nitrogen and oxygen atoms in total. The maximum atomic E-state index is 9.72. The first kappa shape index (κ1) is 37.2. The predicted molar refractivity (Wildman–Crippen MR) is 127 cm³/mol. The van der Waals surface area contributed by atoms with E-state index in [2.05, 4.69) is 6.92 Å². The molecule has 34 heavy (non-hydrogen) atoms. The summed E-state index contributed by atoms with van der Waals surface area (Å²) < 4.78 is 15.9. The number of unbranched alkanes of at least 4 members (excludes halogenated alkanes) is 4. The molecule has 0 radical (unpaired) electrons. The summed E-state index contributed by atoms with van der Waals surface area (Å²) in [5.74, 6) is -2.85. The molecule has 0 aromatic carbocycles. The zero-order valence-electron chi connectivity index (χ0n) is 20.7. The summed E-state index contributed by atoms with van der Waals surface area (Å²) in [6.07, 6.45) is 6.01. The van der Waals surface area contributed by atoms with Gasteiger partial charge in [-0.2, -0.15) is 0 Å². The van der Waals surface area contributed by atoms with Gasteiger partial charge in [-0.1, -0.05) is 6.92 Å². The average Bonchev–Trinajstić information content (AvgIpc) is 2.80. The molecule has 1 unspecified atom stereocenters. The number of aliphatic carboxylic acids is 2. The first-order valence-corrected chi connectivity index (χ1v) is 12.1. The van der Waals surface area contributed by atoms with Crippen LogP contribution in [0.15, 0.2) is 0 Å². The van der Waals surface area contributed by atoms with E-state index >= 15 is 0 Å². The standard InChI is InChI=1S/C11H24O3.C8H18O3.C4H6O5/c1-2-8-13-10-5-6-11-14-9-4-3-7-12;9-5-1-3-7-11-8-4-2-6-10;5-2(4(8)9)1-3(6)7/h12H,2-11H2,1H3;9-10H,1-8H2;2,5H,1H2,(H,6,7)(H,8,9).